The van der Waals surface area contributed by atoms with Crippen LogP contribution in [0.4, 0.5) is 11.4 Å². The highest BCUT2D eigenvalue weighted by atomic mass is 79.9. The van der Waals surface area contributed by atoms with E-state index in [1.807, 2.05) is 45.0 Å². The number of rotatable bonds is 3. The second kappa shape index (κ2) is 6.28. The van der Waals surface area contributed by atoms with Gasteiger partial charge in [-0.05, 0) is 66.0 Å². The Labute approximate surface area is 132 Å². The SMILES string of the molecule is Cc1cc(C)c(NC(=O)c2cc(C)ccc2NN)c(Br)c1. The van der Waals surface area contributed by atoms with Crippen LogP contribution in [0.15, 0.2) is 34.8 Å². The van der Waals surface area contributed by atoms with E-state index in [1.54, 1.807) is 6.07 Å². The number of halogens is 1. The highest BCUT2D eigenvalue weighted by Gasteiger charge is 2.14. The van der Waals surface area contributed by atoms with Crippen LogP contribution in [0.2, 0.25) is 0 Å². The van der Waals surface area contributed by atoms with Crippen LogP contribution in [0.1, 0.15) is 27.0 Å². The monoisotopic (exact) mass is 347 g/mol. The van der Waals surface area contributed by atoms with E-state index in [1.165, 1.54) is 0 Å². The number of nitrogen functional groups attached to an aromatic ring is 1. The molecule has 2 rings (SSSR count). The summed E-state index contributed by atoms with van der Waals surface area (Å²) in [7, 11) is 0. The van der Waals surface area contributed by atoms with Crippen molar-refractivity contribution in [2.75, 3.05) is 10.7 Å². The summed E-state index contributed by atoms with van der Waals surface area (Å²) < 4.78 is 0.864. The summed E-state index contributed by atoms with van der Waals surface area (Å²) in [5, 5.41) is 2.94. The van der Waals surface area contributed by atoms with Gasteiger partial charge in [-0.15, -0.1) is 0 Å². The van der Waals surface area contributed by atoms with Crippen molar-refractivity contribution in [3.63, 3.8) is 0 Å². The fourth-order valence-electron chi connectivity index (χ4n) is 2.23. The third-order valence-electron chi connectivity index (χ3n) is 3.25. The molecular weight excluding hydrogens is 330 g/mol. The largest absolute Gasteiger partial charge is 0.323 e. The van der Waals surface area contributed by atoms with E-state index in [0.717, 1.165) is 26.9 Å². The Morgan fingerprint density at radius 2 is 1.81 bits per heavy atom. The van der Waals surface area contributed by atoms with E-state index < -0.39 is 0 Å². The lowest BCUT2D eigenvalue weighted by atomic mass is 10.1. The number of carbonyl (C=O) groups is 1. The number of nitrogens with one attached hydrogen (secondary N) is 2. The summed E-state index contributed by atoms with van der Waals surface area (Å²) in [6.45, 7) is 5.91. The van der Waals surface area contributed by atoms with Gasteiger partial charge in [0.1, 0.15) is 0 Å². The number of hydrogen-bond acceptors (Lipinski definition) is 3. The van der Waals surface area contributed by atoms with Gasteiger partial charge in [0.2, 0.25) is 0 Å². The van der Waals surface area contributed by atoms with Gasteiger partial charge in [-0.1, -0.05) is 17.7 Å². The second-order valence-corrected chi connectivity index (χ2v) is 5.94. The average molecular weight is 348 g/mol. The van der Waals surface area contributed by atoms with Crippen molar-refractivity contribution in [2.45, 2.75) is 20.8 Å². The molecule has 1 amide bonds. The van der Waals surface area contributed by atoms with Gasteiger partial charge in [-0.25, -0.2) is 0 Å². The van der Waals surface area contributed by atoms with Gasteiger partial charge < -0.3 is 10.7 Å². The summed E-state index contributed by atoms with van der Waals surface area (Å²) in [6.07, 6.45) is 0. The normalized spacial score (nSPS) is 10.3. The molecule has 0 saturated heterocycles. The fraction of sp³-hybridized carbons (Fsp3) is 0.188. The Kier molecular flexibility index (Phi) is 4.65. The molecule has 21 heavy (non-hydrogen) atoms. The molecule has 0 aliphatic carbocycles. The van der Waals surface area contributed by atoms with E-state index in [9.17, 15) is 4.79 Å². The summed E-state index contributed by atoms with van der Waals surface area (Å²) in [6, 6.07) is 9.50. The van der Waals surface area contributed by atoms with Gasteiger partial charge in [0.15, 0.2) is 0 Å². The van der Waals surface area contributed by atoms with Crippen LogP contribution >= 0.6 is 15.9 Å². The van der Waals surface area contributed by atoms with Crippen molar-refractivity contribution in [3.8, 4) is 0 Å². The summed E-state index contributed by atoms with van der Waals surface area (Å²) in [5.41, 5.74) is 7.58. The van der Waals surface area contributed by atoms with Crippen molar-refractivity contribution in [1.82, 2.24) is 0 Å². The number of anilines is 2. The summed E-state index contributed by atoms with van der Waals surface area (Å²) in [4.78, 5) is 12.5. The maximum absolute atomic E-state index is 12.5. The summed E-state index contributed by atoms with van der Waals surface area (Å²) >= 11 is 3.49. The van der Waals surface area contributed by atoms with Crippen LogP contribution in [-0.4, -0.2) is 5.91 Å². The molecular formula is C16H18BrN3O. The number of nitrogens with two attached hydrogens (primary N) is 1. The zero-order valence-electron chi connectivity index (χ0n) is 12.3. The minimum absolute atomic E-state index is 0.195. The fourth-order valence-corrected chi connectivity index (χ4v) is 3.00. The molecule has 110 valence electrons. The van der Waals surface area contributed by atoms with Gasteiger partial charge in [0.25, 0.3) is 5.91 Å². The number of hydrazine groups is 1. The lowest BCUT2D eigenvalue weighted by Gasteiger charge is -2.14. The molecule has 0 heterocycles. The number of benzene rings is 2. The molecule has 4 nitrogen and oxygen atoms in total. The highest BCUT2D eigenvalue weighted by Crippen LogP contribution is 2.29. The van der Waals surface area contributed by atoms with E-state index in [2.05, 4.69) is 26.7 Å². The zero-order valence-corrected chi connectivity index (χ0v) is 13.8. The zero-order chi connectivity index (χ0) is 15.6. The van der Waals surface area contributed by atoms with Crippen molar-refractivity contribution >= 4 is 33.2 Å². The van der Waals surface area contributed by atoms with Crippen molar-refractivity contribution < 1.29 is 4.79 Å². The molecule has 0 aliphatic heterocycles. The van der Waals surface area contributed by atoms with Crippen LogP contribution < -0.4 is 16.6 Å². The number of amides is 1. The van der Waals surface area contributed by atoms with Crippen LogP contribution in [0.5, 0.6) is 0 Å². The maximum Gasteiger partial charge on any atom is 0.257 e. The molecule has 0 fully saturated rings. The molecule has 2 aromatic rings. The predicted octanol–water partition coefficient (Wildman–Crippen LogP) is 3.91. The van der Waals surface area contributed by atoms with E-state index in [4.69, 9.17) is 5.84 Å². The first kappa shape index (κ1) is 15.5. The molecule has 2 aromatic carbocycles. The lowest BCUT2D eigenvalue weighted by Crippen LogP contribution is -2.18. The van der Waals surface area contributed by atoms with Gasteiger partial charge >= 0.3 is 0 Å². The number of carbonyl (C=O) groups excluding carboxylic acids is 1. The maximum atomic E-state index is 12.5. The molecule has 0 aliphatic rings. The van der Waals surface area contributed by atoms with E-state index >= 15 is 0 Å². The van der Waals surface area contributed by atoms with Crippen LogP contribution in [0.25, 0.3) is 0 Å². The first-order valence-electron chi connectivity index (χ1n) is 6.57. The first-order chi connectivity index (χ1) is 9.92. The van der Waals surface area contributed by atoms with Crippen LogP contribution in [0, 0.1) is 20.8 Å². The Hall–Kier alpha value is -1.85. The molecule has 0 atom stereocenters. The predicted molar refractivity (Wildman–Crippen MR) is 90.6 cm³/mol. The minimum Gasteiger partial charge on any atom is -0.323 e. The molecule has 0 saturated carbocycles. The quantitative estimate of drug-likeness (QED) is 0.582. The third-order valence-corrected chi connectivity index (χ3v) is 3.87. The molecule has 5 heteroatoms. The summed E-state index contributed by atoms with van der Waals surface area (Å²) in [5.74, 6) is 5.28. The highest BCUT2D eigenvalue weighted by molar-refractivity contribution is 9.10. The molecule has 0 radical (unpaired) electrons. The lowest BCUT2D eigenvalue weighted by molar-refractivity contribution is 0.102. The Balaban J connectivity index is 2.37. The minimum atomic E-state index is -0.195. The van der Waals surface area contributed by atoms with Gasteiger partial charge in [0.05, 0.1) is 16.9 Å². The second-order valence-electron chi connectivity index (χ2n) is 5.09. The Morgan fingerprint density at radius 3 is 2.43 bits per heavy atom. The smallest absolute Gasteiger partial charge is 0.257 e. The Bertz CT molecular complexity index is 675. The third kappa shape index (κ3) is 3.43. The van der Waals surface area contributed by atoms with Gasteiger partial charge in [-0.2, -0.15) is 0 Å². The van der Waals surface area contributed by atoms with Crippen molar-refractivity contribution in [3.05, 3.63) is 57.1 Å². The van der Waals surface area contributed by atoms with E-state index in [0.29, 0.717) is 11.3 Å². The van der Waals surface area contributed by atoms with Crippen LogP contribution in [-0.2, 0) is 0 Å². The number of aryl methyl sites for hydroxylation is 3. The van der Waals surface area contributed by atoms with Crippen LogP contribution in [0.3, 0.4) is 0 Å². The Morgan fingerprint density at radius 1 is 1.10 bits per heavy atom. The number of hydrogen-bond donors (Lipinski definition) is 3. The van der Waals surface area contributed by atoms with Gasteiger partial charge in [0, 0.05) is 4.47 Å². The van der Waals surface area contributed by atoms with Crippen molar-refractivity contribution in [2.24, 2.45) is 5.84 Å². The van der Waals surface area contributed by atoms with Gasteiger partial charge in [-0.3, -0.25) is 10.6 Å². The molecule has 0 spiro atoms. The molecule has 0 bridgehead atoms. The molecule has 0 aromatic heterocycles. The topological polar surface area (TPSA) is 67.2 Å². The van der Waals surface area contributed by atoms with E-state index in [-0.39, 0.29) is 5.91 Å². The standard InChI is InChI=1S/C16H18BrN3O/c1-9-4-5-14(20-18)12(7-9)16(21)19-15-11(3)6-10(2)8-13(15)17/h4-8,20H,18H2,1-3H3,(H,19,21). The van der Waals surface area contributed by atoms with Crippen molar-refractivity contribution in [1.29, 1.82) is 0 Å². The first-order valence-corrected chi connectivity index (χ1v) is 7.37. The average Bonchev–Trinajstić information content (AvgIpc) is 2.42. The molecule has 4 N–H and O–H groups in total. The molecule has 0 unspecified atom stereocenters.